The molecule has 0 N–H and O–H groups in total. The summed E-state index contributed by atoms with van der Waals surface area (Å²) in [6, 6.07) is 4.41. The first-order valence-corrected chi connectivity index (χ1v) is 12.6. The van der Waals surface area contributed by atoms with Gasteiger partial charge in [-0.15, -0.1) is 0 Å². The van der Waals surface area contributed by atoms with Crippen LogP contribution in [-0.2, 0) is 22.4 Å². The normalized spacial score (nSPS) is 18.2. The zero-order valence-corrected chi connectivity index (χ0v) is 21.4. The molecular formula is C26H40N4O4. The summed E-state index contributed by atoms with van der Waals surface area (Å²) in [6.07, 6.45) is 3.75. The number of aromatic nitrogens is 1. The molecule has 0 spiro atoms. The van der Waals surface area contributed by atoms with Crippen LogP contribution in [0.25, 0.3) is 11.0 Å². The molecule has 3 heterocycles. The fourth-order valence-corrected chi connectivity index (χ4v) is 4.92. The first-order valence-electron chi connectivity index (χ1n) is 12.6. The highest BCUT2D eigenvalue weighted by Crippen LogP contribution is 2.33. The van der Waals surface area contributed by atoms with Crippen molar-refractivity contribution in [1.29, 1.82) is 0 Å². The van der Waals surface area contributed by atoms with Crippen molar-refractivity contribution in [3.05, 3.63) is 23.4 Å². The van der Waals surface area contributed by atoms with Crippen LogP contribution in [-0.4, -0.2) is 80.1 Å². The van der Waals surface area contributed by atoms with E-state index in [4.69, 9.17) is 14.0 Å². The van der Waals surface area contributed by atoms with E-state index < -0.39 is 5.60 Å². The van der Waals surface area contributed by atoms with Crippen molar-refractivity contribution in [1.82, 2.24) is 15.0 Å². The van der Waals surface area contributed by atoms with Crippen LogP contribution < -0.4 is 4.90 Å². The summed E-state index contributed by atoms with van der Waals surface area (Å²) in [5.41, 5.74) is 3.93. The first-order chi connectivity index (χ1) is 16.2. The van der Waals surface area contributed by atoms with Crippen molar-refractivity contribution in [2.45, 2.75) is 58.6 Å². The average molecular weight is 473 g/mol. The van der Waals surface area contributed by atoms with E-state index in [1.54, 1.807) is 0 Å². The molecule has 188 valence electrons. The lowest BCUT2D eigenvalue weighted by Gasteiger charge is -2.33. The predicted molar refractivity (Wildman–Crippen MR) is 133 cm³/mol. The van der Waals surface area contributed by atoms with E-state index in [2.05, 4.69) is 41.2 Å². The number of fused-ring (bicyclic) bond motifs is 1. The molecule has 2 fully saturated rings. The number of hydrogen-bond acceptors (Lipinski definition) is 7. The number of benzene rings is 1. The lowest BCUT2D eigenvalue weighted by Crippen LogP contribution is -2.41. The summed E-state index contributed by atoms with van der Waals surface area (Å²) >= 11 is 0. The molecule has 8 heteroatoms. The number of likely N-dealkylation sites (tertiary alicyclic amines) is 1. The van der Waals surface area contributed by atoms with Gasteiger partial charge in [-0.1, -0.05) is 5.16 Å². The van der Waals surface area contributed by atoms with E-state index in [-0.39, 0.29) is 6.09 Å². The highest BCUT2D eigenvalue weighted by molar-refractivity contribution is 5.87. The third kappa shape index (κ3) is 6.02. The number of piperidine rings is 1. The summed E-state index contributed by atoms with van der Waals surface area (Å²) in [6.45, 7) is 11.4. The summed E-state index contributed by atoms with van der Waals surface area (Å²) in [5, 5.41) is 5.62. The highest BCUT2D eigenvalue weighted by Gasteiger charge is 2.27. The summed E-state index contributed by atoms with van der Waals surface area (Å²) in [5.74, 6) is 0.583. The number of anilines is 1. The number of ether oxygens (including phenoxy) is 2. The molecule has 2 aliphatic heterocycles. The maximum absolute atomic E-state index is 12.3. The molecule has 1 aromatic heterocycles. The first kappa shape index (κ1) is 24.8. The molecule has 4 rings (SSSR count). The SMILES string of the molecule is CN(C)Cc1c(N2CCOCC2)ccc2c(CCC3CCN(C(=O)OC(C)(C)C)CC3)noc12. The van der Waals surface area contributed by atoms with Crippen LogP contribution in [0, 0.1) is 5.92 Å². The van der Waals surface area contributed by atoms with Gasteiger partial charge < -0.3 is 28.7 Å². The Morgan fingerprint density at radius 1 is 1.15 bits per heavy atom. The number of aryl methyl sites for hydroxylation is 1. The van der Waals surface area contributed by atoms with Crippen molar-refractivity contribution in [2.24, 2.45) is 5.92 Å². The highest BCUT2D eigenvalue weighted by atomic mass is 16.6. The van der Waals surface area contributed by atoms with Crippen LogP contribution in [0.1, 0.15) is 51.3 Å². The van der Waals surface area contributed by atoms with Gasteiger partial charge in [-0.25, -0.2) is 4.79 Å². The molecule has 0 unspecified atom stereocenters. The number of nitrogens with zero attached hydrogens (tertiary/aromatic N) is 4. The van der Waals surface area contributed by atoms with Gasteiger partial charge >= 0.3 is 6.09 Å². The second-order valence-electron chi connectivity index (χ2n) is 10.9. The molecular weight excluding hydrogens is 432 g/mol. The number of hydrogen-bond donors (Lipinski definition) is 0. The van der Waals surface area contributed by atoms with Gasteiger partial charge in [0, 0.05) is 49.4 Å². The number of amides is 1. The van der Waals surface area contributed by atoms with Crippen LogP contribution >= 0.6 is 0 Å². The van der Waals surface area contributed by atoms with Gasteiger partial charge in [0.25, 0.3) is 0 Å². The Kier molecular flexibility index (Phi) is 7.67. The molecule has 2 aromatic rings. The number of carbonyl (C=O) groups excluding carboxylic acids is 1. The van der Waals surface area contributed by atoms with Gasteiger partial charge in [0.1, 0.15) is 5.60 Å². The van der Waals surface area contributed by atoms with E-state index in [1.165, 1.54) is 11.3 Å². The Morgan fingerprint density at radius 2 is 1.85 bits per heavy atom. The fourth-order valence-electron chi connectivity index (χ4n) is 4.92. The van der Waals surface area contributed by atoms with Gasteiger partial charge in [-0.3, -0.25) is 0 Å². The maximum atomic E-state index is 12.3. The summed E-state index contributed by atoms with van der Waals surface area (Å²) < 4.78 is 17.0. The molecule has 1 amide bonds. The lowest BCUT2D eigenvalue weighted by molar-refractivity contribution is 0.0181. The minimum atomic E-state index is -0.449. The van der Waals surface area contributed by atoms with E-state index in [1.807, 2.05) is 25.7 Å². The van der Waals surface area contributed by atoms with Crippen molar-refractivity contribution in [3.8, 4) is 0 Å². The molecule has 1 aromatic carbocycles. The van der Waals surface area contributed by atoms with Crippen LogP contribution in [0.3, 0.4) is 0 Å². The largest absolute Gasteiger partial charge is 0.444 e. The molecule has 8 nitrogen and oxygen atoms in total. The smallest absolute Gasteiger partial charge is 0.410 e. The molecule has 0 saturated carbocycles. The summed E-state index contributed by atoms with van der Waals surface area (Å²) in [7, 11) is 4.17. The molecule has 34 heavy (non-hydrogen) atoms. The third-order valence-corrected chi connectivity index (χ3v) is 6.68. The van der Waals surface area contributed by atoms with E-state index >= 15 is 0 Å². The van der Waals surface area contributed by atoms with E-state index in [0.29, 0.717) is 5.92 Å². The minimum Gasteiger partial charge on any atom is -0.444 e. The van der Waals surface area contributed by atoms with Crippen LogP contribution in [0.5, 0.6) is 0 Å². The van der Waals surface area contributed by atoms with Crippen molar-refractivity contribution in [3.63, 3.8) is 0 Å². The van der Waals surface area contributed by atoms with Crippen LogP contribution in [0.2, 0.25) is 0 Å². The van der Waals surface area contributed by atoms with Crippen LogP contribution in [0.4, 0.5) is 10.5 Å². The molecule has 0 atom stereocenters. The monoisotopic (exact) mass is 472 g/mol. The van der Waals surface area contributed by atoms with Gasteiger partial charge in [0.2, 0.25) is 0 Å². The second-order valence-corrected chi connectivity index (χ2v) is 10.9. The van der Waals surface area contributed by atoms with Crippen LogP contribution in [0.15, 0.2) is 16.7 Å². The fraction of sp³-hybridized carbons (Fsp3) is 0.692. The molecule has 0 radical (unpaired) electrons. The standard InChI is InChI=1S/C26H40N4O4/c1-26(2,3)33-25(31)30-12-10-19(11-13-30)6-8-22-20-7-9-23(29-14-16-32-17-15-29)21(18-28(4)5)24(20)34-27-22/h7,9,19H,6,8,10-18H2,1-5H3. The Labute approximate surface area is 203 Å². The molecule has 2 saturated heterocycles. The molecule has 2 aliphatic rings. The Morgan fingerprint density at radius 3 is 2.50 bits per heavy atom. The molecule has 0 aliphatic carbocycles. The number of carbonyl (C=O) groups is 1. The second kappa shape index (κ2) is 10.5. The average Bonchev–Trinajstić information content (AvgIpc) is 3.21. The van der Waals surface area contributed by atoms with Gasteiger partial charge in [-0.05, 0) is 78.6 Å². The number of morpholine rings is 1. The van der Waals surface area contributed by atoms with Gasteiger partial charge in [0.05, 0.1) is 18.9 Å². The lowest BCUT2D eigenvalue weighted by atomic mass is 9.91. The zero-order valence-electron chi connectivity index (χ0n) is 21.4. The van der Waals surface area contributed by atoms with Gasteiger partial charge in [-0.2, -0.15) is 0 Å². The minimum absolute atomic E-state index is 0.196. The summed E-state index contributed by atoms with van der Waals surface area (Å²) in [4.78, 5) is 18.7. The van der Waals surface area contributed by atoms with Crippen molar-refractivity contribution < 1.29 is 18.8 Å². The third-order valence-electron chi connectivity index (χ3n) is 6.68. The predicted octanol–water partition coefficient (Wildman–Crippen LogP) is 4.31. The topological polar surface area (TPSA) is 71.3 Å². The maximum Gasteiger partial charge on any atom is 0.410 e. The van der Waals surface area contributed by atoms with E-state index in [0.717, 1.165) is 88.3 Å². The zero-order chi connectivity index (χ0) is 24.3. The Balaban J connectivity index is 1.41. The van der Waals surface area contributed by atoms with Crippen molar-refractivity contribution >= 4 is 22.7 Å². The van der Waals surface area contributed by atoms with Gasteiger partial charge in [0.15, 0.2) is 5.58 Å². The quantitative estimate of drug-likeness (QED) is 0.620. The Hall–Kier alpha value is -2.32. The molecule has 0 bridgehead atoms. The Bertz CT molecular complexity index is 967. The number of rotatable bonds is 6. The van der Waals surface area contributed by atoms with Crippen molar-refractivity contribution in [2.75, 3.05) is 58.4 Å². The van der Waals surface area contributed by atoms with E-state index in [9.17, 15) is 4.79 Å².